The first-order chi connectivity index (χ1) is 6.15. The first-order valence-electron chi connectivity index (χ1n) is 4.35. The summed E-state index contributed by atoms with van der Waals surface area (Å²) < 4.78 is 13.3. The third-order valence-electron chi connectivity index (χ3n) is 1.97. The molecule has 0 spiro atoms. The molecule has 1 aromatic carbocycles. The predicted molar refractivity (Wildman–Crippen MR) is 55.9 cm³/mol. The van der Waals surface area contributed by atoms with Crippen molar-refractivity contribution in [1.82, 2.24) is 0 Å². The van der Waals surface area contributed by atoms with Crippen molar-refractivity contribution in [2.45, 2.75) is 25.8 Å². The topological polar surface area (TPSA) is 26.0 Å². The molecular formula is C10H13BrFN. The van der Waals surface area contributed by atoms with Crippen molar-refractivity contribution < 1.29 is 4.39 Å². The van der Waals surface area contributed by atoms with Crippen LogP contribution in [0.1, 0.15) is 31.4 Å². The Labute approximate surface area is 86.3 Å². The van der Waals surface area contributed by atoms with Crippen molar-refractivity contribution in [1.29, 1.82) is 0 Å². The Kier molecular flexibility index (Phi) is 3.88. The second-order valence-electron chi connectivity index (χ2n) is 3.07. The Morgan fingerprint density at radius 1 is 1.54 bits per heavy atom. The van der Waals surface area contributed by atoms with Crippen LogP contribution in [0, 0.1) is 5.82 Å². The summed E-state index contributed by atoms with van der Waals surface area (Å²) in [6.45, 7) is 2.08. The van der Waals surface area contributed by atoms with E-state index in [2.05, 4.69) is 22.9 Å². The average Bonchev–Trinajstić information content (AvgIpc) is 2.10. The molecule has 0 aromatic heterocycles. The van der Waals surface area contributed by atoms with Gasteiger partial charge < -0.3 is 5.73 Å². The van der Waals surface area contributed by atoms with Gasteiger partial charge in [-0.1, -0.05) is 19.4 Å². The molecule has 1 aromatic rings. The highest BCUT2D eigenvalue weighted by Gasteiger charge is 2.06. The SMILES string of the molecule is CCC[C@H](N)c1ccc(F)c(Br)c1. The Hall–Kier alpha value is -0.410. The predicted octanol–water partition coefficient (Wildman–Crippen LogP) is 3.39. The molecule has 0 saturated carbocycles. The van der Waals surface area contributed by atoms with Crippen LogP contribution in [0.2, 0.25) is 0 Å². The summed E-state index contributed by atoms with van der Waals surface area (Å²) in [6, 6.07) is 4.94. The fourth-order valence-electron chi connectivity index (χ4n) is 1.22. The number of nitrogens with two attached hydrogens (primary N) is 1. The number of rotatable bonds is 3. The van der Waals surface area contributed by atoms with Gasteiger partial charge in [0.2, 0.25) is 0 Å². The lowest BCUT2D eigenvalue weighted by Crippen LogP contribution is -2.09. The van der Waals surface area contributed by atoms with E-state index in [0.29, 0.717) is 4.47 Å². The second kappa shape index (κ2) is 4.72. The second-order valence-corrected chi connectivity index (χ2v) is 3.92. The molecule has 72 valence electrons. The van der Waals surface area contributed by atoms with E-state index in [-0.39, 0.29) is 11.9 Å². The molecule has 2 N–H and O–H groups in total. The summed E-state index contributed by atoms with van der Waals surface area (Å²) in [7, 11) is 0. The van der Waals surface area contributed by atoms with Crippen molar-refractivity contribution in [3.05, 3.63) is 34.1 Å². The van der Waals surface area contributed by atoms with Gasteiger partial charge in [-0.05, 0) is 40.0 Å². The highest BCUT2D eigenvalue weighted by atomic mass is 79.9. The Balaban J connectivity index is 2.84. The zero-order valence-corrected chi connectivity index (χ0v) is 9.14. The third-order valence-corrected chi connectivity index (χ3v) is 2.58. The molecule has 0 heterocycles. The van der Waals surface area contributed by atoms with E-state index in [4.69, 9.17) is 5.73 Å². The molecule has 1 nitrogen and oxygen atoms in total. The summed E-state index contributed by atoms with van der Waals surface area (Å²) in [5.41, 5.74) is 6.86. The largest absolute Gasteiger partial charge is 0.324 e. The van der Waals surface area contributed by atoms with Gasteiger partial charge in [0, 0.05) is 6.04 Å². The maximum atomic E-state index is 12.9. The molecule has 0 amide bonds. The van der Waals surface area contributed by atoms with Gasteiger partial charge in [0.05, 0.1) is 4.47 Å². The van der Waals surface area contributed by atoms with Gasteiger partial charge in [0.1, 0.15) is 5.82 Å². The van der Waals surface area contributed by atoms with E-state index in [1.807, 2.05) is 0 Å². The molecule has 13 heavy (non-hydrogen) atoms. The fourth-order valence-corrected chi connectivity index (χ4v) is 1.62. The first-order valence-corrected chi connectivity index (χ1v) is 5.15. The molecule has 3 heteroatoms. The van der Waals surface area contributed by atoms with Gasteiger partial charge in [-0.3, -0.25) is 0 Å². The van der Waals surface area contributed by atoms with Crippen LogP contribution in [-0.4, -0.2) is 0 Å². The maximum Gasteiger partial charge on any atom is 0.137 e. The van der Waals surface area contributed by atoms with Crippen molar-refractivity contribution in [2.24, 2.45) is 5.73 Å². The van der Waals surface area contributed by atoms with E-state index in [1.54, 1.807) is 12.1 Å². The molecule has 0 fully saturated rings. The highest BCUT2D eigenvalue weighted by molar-refractivity contribution is 9.10. The lowest BCUT2D eigenvalue weighted by molar-refractivity contribution is 0.610. The first kappa shape index (κ1) is 10.7. The van der Waals surface area contributed by atoms with Gasteiger partial charge in [-0.25, -0.2) is 4.39 Å². The van der Waals surface area contributed by atoms with Crippen molar-refractivity contribution >= 4 is 15.9 Å². The molecule has 1 rings (SSSR count). The molecule has 0 unspecified atom stereocenters. The molecular weight excluding hydrogens is 233 g/mol. The minimum Gasteiger partial charge on any atom is -0.324 e. The van der Waals surface area contributed by atoms with Crippen LogP contribution >= 0.6 is 15.9 Å². The van der Waals surface area contributed by atoms with Crippen LogP contribution in [0.5, 0.6) is 0 Å². The normalized spacial score (nSPS) is 12.9. The molecule has 0 aliphatic rings. The van der Waals surface area contributed by atoms with Crippen molar-refractivity contribution in [3.63, 3.8) is 0 Å². The summed E-state index contributed by atoms with van der Waals surface area (Å²) in [5, 5.41) is 0. The number of hydrogen-bond donors (Lipinski definition) is 1. The highest BCUT2D eigenvalue weighted by Crippen LogP contribution is 2.22. The van der Waals surface area contributed by atoms with Crippen LogP contribution < -0.4 is 5.73 Å². The van der Waals surface area contributed by atoms with Crippen LogP contribution in [0.4, 0.5) is 4.39 Å². The third kappa shape index (κ3) is 2.78. The monoisotopic (exact) mass is 245 g/mol. The summed E-state index contributed by atoms with van der Waals surface area (Å²) >= 11 is 3.13. The quantitative estimate of drug-likeness (QED) is 0.869. The average molecular weight is 246 g/mol. The van der Waals surface area contributed by atoms with Gasteiger partial charge in [-0.2, -0.15) is 0 Å². The summed E-state index contributed by atoms with van der Waals surface area (Å²) in [4.78, 5) is 0. The lowest BCUT2D eigenvalue weighted by Gasteiger charge is -2.10. The zero-order valence-electron chi connectivity index (χ0n) is 7.56. The van der Waals surface area contributed by atoms with Crippen molar-refractivity contribution in [3.8, 4) is 0 Å². The van der Waals surface area contributed by atoms with Gasteiger partial charge >= 0.3 is 0 Å². The molecule has 1 atom stereocenters. The smallest absolute Gasteiger partial charge is 0.137 e. The molecule has 0 bridgehead atoms. The van der Waals surface area contributed by atoms with E-state index in [9.17, 15) is 4.39 Å². The molecule has 0 aliphatic carbocycles. The van der Waals surface area contributed by atoms with Gasteiger partial charge in [-0.15, -0.1) is 0 Å². The Bertz CT molecular complexity index is 288. The minimum atomic E-state index is -0.243. The lowest BCUT2D eigenvalue weighted by atomic mass is 10.0. The number of hydrogen-bond acceptors (Lipinski definition) is 1. The number of halogens is 2. The van der Waals surface area contributed by atoms with E-state index < -0.39 is 0 Å². The zero-order chi connectivity index (χ0) is 9.84. The van der Waals surface area contributed by atoms with E-state index >= 15 is 0 Å². The Morgan fingerprint density at radius 3 is 2.77 bits per heavy atom. The maximum absolute atomic E-state index is 12.9. The molecule has 0 radical (unpaired) electrons. The van der Waals surface area contributed by atoms with Crippen LogP contribution in [0.25, 0.3) is 0 Å². The van der Waals surface area contributed by atoms with Crippen molar-refractivity contribution in [2.75, 3.05) is 0 Å². The molecule has 0 aliphatic heterocycles. The summed E-state index contributed by atoms with van der Waals surface area (Å²) in [5.74, 6) is -0.243. The van der Waals surface area contributed by atoms with E-state index in [1.165, 1.54) is 6.07 Å². The standard InChI is InChI=1S/C10H13BrFN/c1-2-3-10(13)7-4-5-9(12)8(11)6-7/h4-6,10H,2-3,13H2,1H3/t10-/m0/s1. The van der Waals surface area contributed by atoms with Crippen LogP contribution in [-0.2, 0) is 0 Å². The van der Waals surface area contributed by atoms with Gasteiger partial charge in [0.15, 0.2) is 0 Å². The Morgan fingerprint density at radius 2 is 2.23 bits per heavy atom. The van der Waals surface area contributed by atoms with Crippen LogP contribution in [0.3, 0.4) is 0 Å². The summed E-state index contributed by atoms with van der Waals surface area (Å²) in [6.07, 6.45) is 1.97. The van der Waals surface area contributed by atoms with E-state index in [0.717, 1.165) is 18.4 Å². The van der Waals surface area contributed by atoms with Gasteiger partial charge in [0.25, 0.3) is 0 Å². The van der Waals surface area contributed by atoms with Crippen LogP contribution in [0.15, 0.2) is 22.7 Å². The minimum absolute atomic E-state index is 0.0156. The molecule has 0 saturated heterocycles. The number of benzene rings is 1. The fraction of sp³-hybridized carbons (Fsp3) is 0.400.